The predicted molar refractivity (Wildman–Crippen MR) is 78.6 cm³/mol. The Kier molecular flexibility index (Phi) is 3.29. The third kappa shape index (κ3) is 2.45. The molecule has 3 N–H and O–H groups in total. The molecule has 0 aliphatic carbocycles. The Balaban J connectivity index is 1.72. The third-order valence-corrected chi connectivity index (χ3v) is 3.47. The highest BCUT2D eigenvalue weighted by molar-refractivity contribution is 5.95. The van der Waals surface area contributed by atoms with Crippen LogP contribution in [0.5, 0.6) is 5.75 Å². The van der Waals surface area contributed by atoms with E-state index in [-0.39, 0.29) is 11.8 Å². The smallest absolute Gasteiger partial charge is 0.231 e. The molecule has 4 heteroatoms. The molecule has 20 heavy (non-hydrogen) atoms. The summed E-state index contributed by atoms with van der Waals surface area (Å²) in [6.45, 7) is 0.398. The molecule has 102 valence electrons. The van der Waals surface area contributed by atoms with Crippen molar-refractivity contribution in [3.8, 4) is 5.75 Å². The number of para-hydroxylation sites is 3. The summed E-state index contributed by atoms with van der Waals surface area (Å²) in [5.74, 6) is 0.623. The number of fused-ring (bicyclic) bond motifs is 1. The third-order valence-electron chi connectivity index (χ3n) is 3.47. The van der Waals surface area contributed by atoms with Crippen LogP contribution in [0, 0.1) is 5.92 Å². The maximum absolute atomic E-state index is 12.3. The Morgan fingerprint density at radius 2 is 1.90 bits per heavy atom. The average molecular weight is 268 g/mol. The van der Waals surface area contributed by atoms with E-state index < -0.39 is 0 Å². The summed E-state index contributed by atoms with van der Waals surface area (Å²) in [7, 11) is 0. The van der Waals surface area contributed by atoms with Crippen LogP contribution in [0.1, 0.15) is 5.56 Å². The average Bonchev–Trinajstić information content (AvgIpc) is 2.49. The summed E-state index contributed by atoms with van der Waals surface area (Å²) in [6.07, 6.45) is 0.689. The molecule has 1 aliphatic rings. The zero-order valence-electron chi connectivity index (χ0n) is 11.0. The van der Waals surface area contributed by atoms with Gasteiger partial charge in [0.15, 0.2) is 0 Å². The van der Waals surface area contributed by atoms with E-state index in [0.717, 1.165) is 11.3 Å². The lowest BCUT2D eigenvalue weighted by molar-refractivity contribution is -0.121. The highest BCUT2D eigenvalue weighted by Crippen LogP contribution is 2.28. The molecule has 1 aliphatic heterocycles. The van der Waals surface area contributed by atoms with Crippen molar-refractivity contribution in [2.45, 2.75) is 6.42 Å². The molecule has 1 amide bonds. The number of benzene rings is 2. The Labute approximate surface area is 117 Å². The second-order valence-corrected chi connectivity index (χ2v) is 4.90. The number of carbonyl (C=O) groups excluding carboxylic acids is 1. The first-order chi connectivity index (χ1) is 9.74. The van der Waals surface area contributed by atoms with Gasteiger partial charge in [0, 0.05) is 0 Å². The molecular formula is C16H16N2O2. The number of nitrogens with one attached hydrogen (secondary N) is 1. The van der Waals surface area contributed by atoms with Crippen molar-refractivity contribution in [3.63, 3.8) is 0 Å². The van der Waals surface area contributed by atoms with E-state index in [1.54, 1.807) is 12.1 Å². The second-order valence-electron chi connectivity index (χ2n) is 4.90. The largest absolute Gasteiger partial charge is 0.492 e. The van der Waals surface area contributed by atoms with Crippen molar-refractivity contribution in [1.29, 1.82) is 0 Å². The fraction of sp³-hybridized carbons (Fsp3) is 0.188. The molecule has 1 heterocycles. The number of amides is 1. The molecule has 0 saturated heterocycles. The zero-order valence-corrected chi connectivity index (χ0v) is 11.0. The van der Waals surface area contributed by atoms with Crippen molar-refractivity contribution in [2.24, 2.45) is 5.92 Å². The fourth-order valence-corrected chi connectivity index (χ4v) is 2.34. The van der Waals surface area contributed by atoms with Gasteiger partial charge in [-0.15, -0.1) is 0 Å². The first-order valence-corrected chi connectivity index (χ1v) is 6.60. The van der Waals surface area contributed by atoms with Crippen LogP contribution in [0.25, 0.3) is 0 Å². The number of ether oxygens (including phenoxy) is 1. The van der Waals surface area contributed by atoms with Gasteiger partial charge < -0.3 is 15.8 Å². The van der Waals surface area contributed by atoms with Crippen LogP contribution in [-0.4, -0.2) is 12.5 Å². The second kappa shape index (κ2) is 5.25. The van der Waals surface area contributed by atoms with E-state index in [0.29, 0.717) is 24.4 Å². The molecule has 4 nitrogen and oxygen atoms in total. The number of anilines is 2. The van der Waals surface area contributed by atoms with Gasteiger partial charge in [-0.1, -0.05) is 30.3 Å². The van der Waals surface area contributed by atoms with Crippen LogP contribution in [0.15, 0.2) is 48.5 Å². The molecule has 2 aromatic rings. The molecular weight excluding hydrogens is 252 g/mol. The summed E-state index contributed by atoms with van der Waals surface area (Å²) >= 11 is 0. The van der Waals surface area contributed by atoms with Crippen LogP contribution in [0.4, 0.5) is 11.4 Å². The van der Waals surface area contributed by atoms with E-state index in [4.69, 9.17) is 10.5 Å². The molecule has 1 unspecified atom stereocenters. The highest BCUT2D eigenvalue weighted by Gasteiger charge is 2.26. The highest BCUT2D eigenvalue weighted by atomic mass is 16.5. The number of nitrogens with two attached hydrogens (primary N) is 1. The minimum Gasteiger partial charge on any atom is -0.492 e. The maximum atomic E-state index is 12.3. The van der Waals surface area contributed by atoms with Crippen LogP contribution in [0.3, 0.4) is 0 Å². The first-order valence-electron chi connectivity index (χ1n) is 6.60. The van der Waals surface area contributed by atoms with Crippen molar-refractivity contribution < 1.29 is 9.53 Å². The van der Waals surface area contributed by atoms with Gasteiger partial charge in [0.25, 0.3) is 0 Å². The van der Waals surface area contributed by atoms with E-state index in [2.05, 4.69) is 5.32 Å². The van der Waals surface area contributed by atoms with E-state index >= 15 is 0 Å². The van der Waals surface area contributed by atoms with Gasteiger partial charge in [0.05, 0.1) is 17.3 Å². The molecule has 0 bridgehead atoms. The van der Waals surface area contributed by atoms with Gasteiger partial charge in [0.2, 0.25) is 5.91 Å². The minimum atomic E-state index is -0.190. The number of rotatable bonds is 2. The standard InChI is InChI=1S/C16H16N2O2/c17-13-6-2-3-7-14(13)18-16(19)12-9-11-5-1-4-8-15(11)20-10-12/h1-8,12H,9-10,17H2,(H,18,19). The summed E-state index contributed by atoms with van der Waals surface area (Å²) in [5, 5.41) is 2.87. The molecule has 3 rings (SSSR count). The lowest BCUT2D eigenvalue weighted by Crippen LogP contribution is -2.32. The predicted octanol–water partition coefficient (Wildman–Crippen LogP) is 2.46. The zero-order chi connectivity index (χ0) is 13.9. The van der Waals surface area contributed by atoms with Crippen molar-refractivity contribution >= 4 is 17.3 Å². The van der Waals surface area contributed by atoms with Crippen molar-refractivity contribution in [1.82, 2.24) is 0 Å². The van der Waals surface area contributed by atoms with Gasteiger partial charge in [-0.05, 0) is 30.2 Å². The minimum absolute atomic E-state index is 0.0580. The number of carbonyl (C=O) groups is 1. The summed E-state index contributed by atoms with van der Waals surface area (Å²) in [5.41, 5.74) is 8.12. The molecule has 1 atom stereocenters. The number of hydrogen-bond donors (Lipinski definition) is 2. The van der Waals surface area contributed by atoms with Crippen molar-refractivity contribution in [3.05, 3.63) is 54.1 Å². The van der Waals surface area contributed by atoms with Gasteiger partial charge in [-0.3, -0.25) is 4.79 Å². The van der Waals surface area contributed by atoms with Gasteiger partial charge in [0.1, 0.15) is 12.4 Å². The normalized spacial score (nSPS) is 16.9. The molecule has 0 spiro atoms. The SMILES string of the molecule is Nc1ccccc1NC(=O)C1COc2ccccc2C1. The van der Waals surface area contributed by atoms with E-state index in [9.17, 15) is 4.79 Å². The Bertz CT molecular complexity index is 640. The molecule has 2 aromatic carbocycles. The van der Waals surface area contributed by atoms with Crippen LogP contribution in [0.2, 0.25) is 0 Å². The Morgan fingerprint density at radius 1 is 1.15 bits per heavy atom. The number of nitrogen functional groups attached to an aromatic ring is 1. The van der Waals surface area contributed by atoms with Crippen LogP contribution in [-0.2, 0) is 11.2 Å². The summed E-state index contributed by atoms with van der Waals surface area (Å²) < 4.78 is 5.63. The van der Waals surface area contributed by atoms with Crippen molar-refractivity contribution in [2.75, 3.05) is 17.7 Å². The summed E-state index contributed by atoms with van der Waals surface area (Å²) in [6, 6.07) is 15.1. The first kappa shape index (κ1) is 12.5. The Morgan fingerprint density at radius 3 is 2.75 bits per heavy atom. The van der Waals surface area contributed by atoms with Gasteiger partial charge in [-0.2, -0.15) is 0 Å². The van der Waals surface area contributed by atoms with E-state index in [1.165, 1.54) is 0 Å². The molecule has 0 saturated carbocycles. The fourth-order valence-electron chi connectivity index (χ4n) is 2.34. The summed E-state index contributed by atoms with van der Waals surface area (Å²) in [4.78, 5) is 12.3. The number of hydrogen-bond acceptors (Lipinski definition) is 3. The maximum Gasteiger partial charge on any atom is 0.231 e. The quantitative estimate of drug-likeness (QED) is 0.822. The van der Waals surface area contributed by atoms with E-state index in [1.807, 2.05) is 36.4 Å². The lowest BCUT2D eigenvalue weighted by atomic mass is 9.96. The lowest BCUT2D eigenvalue weighted by Gasteiger charge is -2.24. The molecule has 0 radical (unpaired) electrons. The topological polar surface area (TPSA) is 64.3 Å². The van der Waals surface area contributed by atoms with Crippen LogP contribution >= 0.6 is 0 Å². The molecule has 0 fully saturated rings. The van der Waals surface area contributed by atoms with Gasteiger partial charge >= 0.3 is 0 Å². The Hall–Kier alpha value is -2.49. The van der Waals surface area contributed by atoms with Gasteiger partial charge in [-0.25, -0.2) is 0 Å². The monoisotopic (exact) mass is 268 g/mol. The van der Waals surface area contributed by atoms with Crippen LogP contribution < -0.4 is 15.8 Å². The molecule has 0 aromatic heterocycles.